The number of nitrogens with zero attached hydrogens (tertiary/aromatic N) is 2. The molecule has 23 heavy (non-hydrogen) atoms. The highest BCUT2D eigenvalue weighted by molar-refractivity contribution is 6.33. The number of para-hydroxylation sites is 1. The fourth-order valence-electron chi connectivity index (χ4n) is 2.08. The van der Waals surface area contributed by atoms with Gasteiger partial charge in [0.25, 0.3) is 5.91 Å². The second-order valence-corrected chi connectivity index (χ2v) is 6.95. The first-order valence-electron chi connectivity index (χ1n) is 7.48. The Morgan fingerprint density at radius 1 is 1.35 bits per heavy atom. The van der Waals surface area contributed by atoms with Crippen molar-refractivity contribution in [1.29, 1.82) is 0 Å². The number of nitrogens with one attached hydrogen (secondary N) is 1. The molecule has 2 aromatic rings. The lowest BCUT2D eigenvalue weighted by Crippen LogP contribution is -2.39. The van der Waals surface area contributed by atoms with E-state index < -0.39 is 6.10 Å². The third-order valence-corrected chi connectivity index (χ3v) is 4.04. The Balaban J connectivity index is 2.21. The van der Waals surface area contributed by atoms with E-state index in [-0.39, 0.29) is 23.0 Å². The second-order valence-electron chi connectivity index (χ2n) is 6.59. The summed E-state index contributed by atoms with van der Waals surface area (Å²) in [6.07, 6.45) is -0.644. The molecular formula is C17H22ClN3O2. The van der Waals surface area contributed by atoms with Crippen LogP contribution in [0.2, 0.25) is 5.15 Å². The van der Waals surface area contributed by atoms with Crippen LogP contribution >= 0.6 is 11.6 Å². The van der Waals surface area contributed by atoms with Crippen LogP contribution in [0.1, 0.15) is 36.8 Å². The van der Waals surface area contributed by atoms with E-state index in [1.54, 1.807) is 6.92 Å². The quantitative estimate of drug-likeness (QED) is 0.902. The third-order valence-electron chi connectivity index (χ3n) is 3.69. The van der Waals surface area contributed by atoms with Crippen LogP contribution in [0.3, 0.4) is 0 Å². The number of amides is 1. The van der Waals surface area contributed by atoms with Crippen LogP contribution in [0.25, 0.3) is 5.69 Å². The molecule has 0 aliphatic carbocycles. The molecule has 0 aliphatic heterocycles. The average molecular weight is 336 g/mol. The van der Waals surface area contributed by atoms with E-state index in [0.29, 0.717) is 11.3 Å². The van der Waals surface area contributed by atoms with Crippen LogP contribution in [0.15, 0.2) is 30.3 Å². The predicted molar refractivity (Wildman–Crippen MR) is 91.1 cm³/mol. The average Bonchev–Trinajstić information content (AvgIpc) is 2.79. The number of halogens is 1. The lowest BCUT2D eigenvalue weighted by molar-refractivity contribution is 0.0586. The second kappa shape index (κ2) is 6.72. The van der Waals surface area contributed by atoms with Crippen molar-refractivity contribution in [3.63, 3.8) is 0 Å². The van der Waals surface area contributed by atoms with E-state index in [0.717, 1.165) is 5.69 Å². The van der Waals surface area contributed by atoms with E-state index in [9.17, 15) is 9.90 Å². The van der Waals surface area contributed by atoms with Gasteiger partial charge >= 0.3 is 0 Å². The fourth-order valence-corrected chi connectivity index (χ4v) is 2.44. The molecule has 0 saturated heterocycles. The smallest absolute Gasteiger partial charge is 0.256 e. The summed E-state index contributed by atoms with van der Waals surface area (Å²) in [5.41, 5.74) is 1.35. The highest BCUT2D eigenvalue weighted by Gasteiger charge is 2.25. The highest BCUT2D eigenvalue weighted by Crippen LogP contribution is 2.24. The van der Waals surface area contributed by atoms with Crippen molar-refractivity contribution < 1.29 is 9.90 Å². The van der Waals surface area contributed by atoms with Gasteiger partial charge in [-0.1, -0.05) is 50.6 Å². The first-order chi connectivity index (χ1) is 10.7. The van der Waals surface area contributed by atoms with Crippen LogP contribution < -0.4 is 5.32 Å². The maximum atomic E-state index is 12.4. The Kier molecular flexibility index (Phi) is 5.12. The molecule has 124 valence electrons. The van der Waals surface area contributed by atoms with Crippen LogP contribution in [0, 0.1) is 12.3 Å². The van der Waals surface area contributed by atoms with Crippen molar-refractivity contribution >= 4 is 17.5 Å². The van der Waals surface area contributed by atoms with Crippen LogP contribution in [0.5, 0.6) is 0 Å². The Hall–Kier alpha value is -1.85. The topological polar surface area (TPSA) is 67.2 Å². The molecule has 1 unspecified atom stereocenters. The van der Waals surface area contributed by atoms with E-state index in [1.165, 1.54) is 4.68 Å². The van der Waals surface area contributed by atoms with E-state index in [2.05, 4.69) is 10.4 Å². The molecule has 1 aromatic heterocycles. The van der Waals surface area contributed by atoms with Gasteiger partial charge in [-0.2, -0.15) is 5.10 Å². The van der Waals surface area contributed by atoms with E-state index >= 15 is 0 Å². The van der Waals surface area contributed by atoms with Gasteiger partial charge in [-0.3, -0.25) is 4.79 Å². The van der Waals surface area contributed by atoms with E-state index in [4.69, 9.17) is 11.6 Å². The largest absolute Gasteiger partial charge is 0.391 e. The summed E-state index contributed by atoms with van der Waals surface area (Å²) in [7, 11) is 0. The lowest BCUT2D eigenvalue weighted by atomic mass is 9.89. The number of aromatic nitrogens is 2. The van der Waals surface area contributed by atoms with Gasteiger partial charge in [-0.05, 0) is 24.5 Å². The summed E-state index contributed by atoms with van der Waals surface area (Å²) in [4.78, 5) is 12.4. The third kappa shape index (κ3) is 3.92. The van der Waals surface area contributed by atoms with Crippen molar-refractivity contribution in [2.24, 2.45) is 5.41 Å². The molecule has 0 spiro atoms. The number of benzene rings is 1. The SMILES string of the molecule is Cc1nn(-c2ccccc2)c(Cl)c1C(=O)NCC(O)C(C)(C)C. The Morgan fingerprint density at radius 2 is 1.96 bits per heavy atom. The Labute approximate surface area is 141 Å². The van der Waals surface area contributed by atoms with Gasteiger partial charge in [-0.25, -0.2) is 4.68 Å². The molecule has 2 rings (SSSR count). The predicted octanol–water partition coefficient (Wildman–Crippen LogP) is 2.97. The lowest BCUT2D eigenvalue weighted by Gasteiger charge is -2.25. The zero-order valence-electron chi connectivity index (χ0n) is 13.8. The van der Waals surface area contributed by atoms with Crippen LogP contribution in [0.4, 0.5) is 0 Å². The van der Waals surface area contributed by atoms with Gasteiger partial charge in [0.15, 0.2) is 0 Å². The van der Waals surface area contributed by atoms with Crippen molar-refractivity contribution in [2.45, 2.75) is 33.8 Å². The number of aliphatic hydroxyl groups excluding tert-OH is 1. The maximum Gasteiger partial charge on any atom is 0.256 e. The minimum absolute atomic E-state index is 0.161. The van der Waals surface area contributed by atoms with Gasteiger partial charge in [-0.15, -0.1) is 0 Å². The van der Waals surface area contributed by atoms with Crippen LogP contribution in [-0.4, -0.2) is 33.4 Å². The summed E-state index contributed by atoms with van der Waals surface area (Å²) in [5.74, 6) is -0.335. The summed E-state index contributed by atoms with van der Waals surface area (Å²) >= 11 is 6.34. The number of hydrogen-bond donors (Lipinski definition) is 2. The number of aryl methyl sites for hydroxylation is 1. The molecule has 6 heteroatoms. The molecule has 2 N–H and O–H groups in total. The molecule has 1 amide bonds. The molecule has 5 nitrogen and oxygen atoms in total. The maximum absolute atomic E-state index is 12.4. The highest BCUT2D eigenvalue weighted by atomic mass is 35.5. The van der Waals surface area contributed by atoms with Gasteiger partial charge in [0.1, 0.15) is 5.15 Å². The molecule has 0 radical (unpaired) electrons. The molecule has 0 aliphatic rings. The minimum Gasteiger partial charge on any atom is -0.391 e. The van der Waals surface area contributed by atoms with Gasteiger partial charge in [0.05, 0.1) is 23.0 Å². The molecule has 0 saturated carbocycles. The zero-order valence-corrected chi connectivity index (χ0v) is 14.6. The molecule has 0 fully saturated rings. The fraction of sp³-hybridized carbons (Fsp3) is 0.412. The standard InChI is InChI=1S/C17H22ClN3O2/c1-11-14(16(23)19-10-13(22)17(2,3)4)15(18)21(20-11)12-8-6-5-7-9-12/h5-9,13,22H,10H2,1-4H3,(H,19,23). The summed E-state index contributed by atoms with van der Waals surface area (Å²) in [5, 5.41) is 17.4. The van der Waals surface area contributed by atoms with Crippen molar-refractivity contribution in [2.75, 3.05) is 6.54 Å². The van der Waals surface area contributed by atoms with E-state index in [1.807, 2.05) is 51.1 Å². The summed E-state index contributed by atoms with van der Waals surface area (Å²) in [6, 6.07) is 9.38. The van der Waals surface area contributed by atoms with Crippen molar-refractivity contribution in [3.05, 3.63) is 46.7 Å². The number of hydrogen-bond acceptors (Lipinski definition) is 3. The number of aliphatic hydroxyl groups is 1. The summed E-state index contributed by atoms with van der Waals surface area (Å²) in [6.45, 7) is 7.63. The van der Waals surface area contributed by atoms with Gasteiger partial charge < -0.3 is 10.4 Å². The summed E-state index contributed by atoms with van der Waals surface area (Å²) < 4.78 is 1.53. The minimum atomic E-state index is -0.644. The van der Waals surface area contributed by atoms with Gasteiger partial charge in [0.2, 0.25) is 0 Å². The molecule has 1 heterocycles. The Morgan fingerprint density at radius 3 is 2.52 bits per heavy atom. The Bertz CT molecular complexity index is 690. The van der Waals surface area contributed by atoms with Crippen LogP contribution in [-0.2, 0) is 0 Å². The number of rotatable bonds is 4. The normalized spacial score (nSPS) is 13.0. The zero-order chi connectivity index (χ0) is 17.2. The number of carbonyl (C=O) groups is 1. The van der Waals surface area contributed by atoms with Crippen molar-refractivity contribution in [1.82, 2.24) is 15.1 Å². The van der Waals surface area contributed by atoms with Crippen molar-refractivity contribution in [3.8, 4) is 5.69 Å². The molecule has 1 aromatic carbocycles. The van der Waals surface area contributed by atoms with Gasteiger partial charge in [0, 0.05) is 6.54 Å². The molecule has 0 bridgehead atoms. The number of carbonyl (C=O) groups excluding carboxylic acids is 1. The first kappa shape index (κ1) is 17.5. The monoisotopic (exact) mass is 335 g/mol. The molecular weight excluding hydrogens is 314 g/mol. The molecule has 1 atom stereocenters. The first-order valence-corrected chi connectivity index (χ1v) is 7.86.